The topological polar surface area (TPSA) is 195 Å². The Hall–Kier alpha value is -2.28. The molecule has 2 N–H and O–H groups in total. The zero-order valence-electron chi connectivity index (χ0n) is 33.7. The molecule has 0 radical (unpaired) electrons. The minimum absolute atomic E-state index is 0.0762. The van der Waals surface area contributed by atoms with Gasteiger partial charge in [0.25, 0.3) is 0 Å². The smallest absolute Gasteiger partial charge is 0.306 e. The summed E-state index contributed by atoms with van der Waals surface area (Å²) in [5.74, 6) is -3.58. The number of hydrogen-bond donors (Lipinski definition) is 2. The highest BCUT2D eigenvalue weighted by atomic mass is 16.7. The van der Waals surface area contributed by atoms with Crippen LogP contribution in [0.1, 0.15) is 81.1 Å². The van der Waals surface area contributed by atoms with Gasteiger partial charge in [-0.3, -0.25) is 19.2 Å². The Morgan fingerprint density at radius 2 is 1.55 bits per heavy atom. The van der Waals surface area contributed by atoms with Crippen LogP contribution >= 0.6 is 0 Å². The number of hydrogen-bond acceptors (Lipinski definition) is 15. The van der Waals surface area contributed by atoms with Gasteiger partial charge in [0.1, 0.15) is 12.2 Å². The summed E-state index contributed by atoms with van der Waals surface area (Å²) < 4.78 is 54.3. The number of carbonyl (C=O) groups is 4. The van der Waals surface area contributed by atoms with Crippen molar-refractivity contribution in [3.05, 3.63) is 0 Å². The number of ether oxygens (including phenoxy) is 9. The molecule has 0 aromatic rings. The molecule has 0 aromatic heterocycles. The molecule has 53 heavy (non-hydrogen) atoms. The summed E-state index contributed by atoms with van der Waals surface area (Å²) in [5.41, 5.74) is -0.0818. The van der Waals surface area contributed by atoms with E-state index in [4.69, 9.17) is 42.6 Å². The van der Waals surface area contributed by atoms with Crippen LogP contribution in [0.15, 0.2) is 0 Å². The van der Waals surface area contributed by atoms with Crippen LogP contribution in [0, 0.1) is 23.2 Å². The number of aldehydes is 1. The molecule has 0 aliphatic carbocycles. The zero-order valence-corrected chi connectivity index (χ0v) is 33.7. The predicted molar refractivity (Wildman–Crippen MR) is 189 cm³/mol. The van der Waals surface area contributed by atoms with Crippen LogP contribution in [0.25, 0.3) is 0 Å². The number of esters is 2. The van der Waals surface area contributed by atoms with Crippen molar-refractivity contribution in [1.82, 2.24) is 4.90 Å². The maximum atomic E-state index is 12.7. The fraction of sp³-hybridized carbons (Fsp3) is 0.892. The number of rotatable bonds is 21. The molecule has 14 atom stereocenters. The quantitative estimate of drug-likeness (QED) is 0.0983. The first-order valence-electron chi connectivity index (χ1n) is 18.3. The molecular weight excluding hydrogens is 698 g/mol. The van der Waals surface area contributed by atoms with Crippen LogP contribution in [0.4, 0.5) is 0 Å². The van der Waals surface area contributed by atoms with Crippen molar-refractivity contribution < 1.29 is 72.0 Å². The molecule has 2 saturated heterocycles. The fourth-order valence-corrected chi connectivity index (χ4v) is 7.51. The zero-order chi connectivity index (χ0) is 40.4. The number of aliphatic hydroxyl groups excluding tert-OH is 1. The molecule has 16 nitrogen and oxygen atoms in total. The summed E-state index contributed by atoms with van der Waals surface area (Å²) in [6.45, 7) is 14.5. The second kappa shape index (κ2) is 21.1. The Morgan fingerprint density at radius 1 is 0.925 bits per heavy atom. The number of carboxylic acids is 1. The highest BCUT2D eigenvalue weighted by Gasteiger charge is 2.53. The molecule has 2 fully saturated rings. The third-order valence-electron chi connectivity index (χ3n) is 10.8. The predicted octanol–water partition coefficient (Wildman–Crippen LogP) is 2.79. The number of likely N-dealkylation sites (N-methyl/N-ethyl adjacent to an activating group) is 1. The van der Waals surface area contributed by atoms with Gasteiger partial charge in [0.2, 0.25) is 0 Å². The van der Waals surface area contributed by atoms with E-state index in [1.807, 2.05) is 32.8 Å². The maximum absolute atomic E-state index is 12.7. The lowest BCUT2D eigenvalue weighted by molar-refractivity contribution is -0.340. The van der Waals surface area contributed by atoms with Gasteiger partial charge in [0, 0.05) is 53.9 Å². The Labute approximate surface area is 314 Å². The molecule has 0 bridgehead atoms. The number of carboxylic acid groups (broad SMARTS) is 1. The van der Waals surface area contributed by atoms with Crippen LogP contribution < -0.4 is 0 Å². The average molecular weight is 764 g/mol. The minimum atomic E-state index is -1.58. The first-order valence-corrected chi connectivity index (χ1v) is 18.3. The van der Waals surface area contributed by atoms with Crippen LogP contribution in [0.3, 0.4) is 0 Å². The van der Waals surface area contributed by atoms with Crippen molar-refractivity contribution in [2.75, 3.05) is 35.4 Å². The van der Waals surface area contributed by atoms with E-state index in [0.29, 0.717) is 12.7 Å². The Balaban J connectivity index is 2.67. The van der Waals surface area contributed by atoms with E-state index in [1.54, 1.807) is 6.92 Å². The molecule has 0 saturated carbocycles. The van der Waals surface area contributed by atoms with E-state index in [9.17, 15) is 29.4 Å². The summed E-state index contributed by atoms with van der Waals surface area (Å²) in [7, 11) is 7.81. The van der Waals surface area contributed by atoms with Crippen molar-refractivity contribution in [3.63, 3.8) is 0 Å². The van der Waals surface area contributed by atoms with Crippen molar-refractivity contribution >= 4 is 24.2 Å². The number of aliphatic hydroxyl groups is 1. The molecule has 2 heterocycles. The minimum Gasteiger partial charge on any atom is -0.481 e. The van der Waals surface area contributed by atoms with E-state index in [-0.39, 0.29) is 30.3 Å². The Bertz CT molecular complexity index is 1170. The molecule has 2 rings (SSSR count). The molecule has 16 heteroatoms. The second-order valence-electron chi connectivity index (χ2n) is 15.4. The molecule has 4 unspecified atom stereocenters. The van der Waals surface area contributed by atoms with Crippen molar-refractivity contribution in [3.8, 4) is 0 Å². The number of aliphatic carboxylic acids is 1. The first-order chi connectivity index (χ1) is 24.7. The highest BCUT2D eigenvalue weighted by molar-refractivity contribution is 5.70. The van der Waals surface area contributed by atoms with Crippen molar-refractivity contribution in [1.29, 1.82) is 0 Å². The molecule has 0 spiro atoms. The van der Waals surface area contributed by atoms with Gasteiger partial charge in [0.15, 0.2) is 37.4 Å². The van der Waals surface area contributed by atoms with Gasteiger partial charge in [-0.1, -0.05) is 27.7 Å². The van der Waals surface area contributed by atoms with E-state index < -0.39 is 104 Å². The van der Waals surface area contributed by atoms with E-state index >= 15 is 0 Å². The number of nitrogens with zero attached hydrogens (tertiary/aromatic N) is 1. The summed E-state index contributed by atoms with van der Waals surface area (Å²) in [4.78, 5) is 50.3. The Kier molecular flexibility index (Phi) is 18.7. The second-order valence-corrected chi connectivity index (χ2v) is 15.4. The molecule has 2 aliphatic heterocycles. The summed E-state index contributed by atoms with van der Waals surface area (Å²) in [5, 5.41) is 20.9. The lowest BCUT2D eigenvalue weighted by Gasteiger charge is -2.51. The lowest BCUT2D eigenvalue weighted by atomic mass is 9.73. The van der Waals surface area contributed by atoms with Gasteiger partial charge in [-0.05, 0) is 51.6 Å². The summed E-state index contributed by atoms with van der Waals surface area (Å²) >= 11 is 0. The third-order valence-corrected chi connectivity index (χ3v) is 10.8. The summed E-state index contributed by atoms with van der Waals surface area (Å²) in [6, 6.07) is -0.633. The van der Waals surface area contributed by atoms with E-state index in [2.05, 4.69) is 20.8 Å². The van der Waals surface area contributed by atoms with E-state index in [0.717, 1.165) is 0 Å². The van der Waals surface area contributed by atoms with Crippen molar-refractivity contribution in [2.24, 2.45) is 23.2 Å². The number of carbonyl (C=O) groups excluding carboxylic acids is 3. The molecule has 0 amide bonds. The number of methoxy groups -OCH3 is 3. The van der Waals surface area contributed by atoms with Gasteiger partial charge < -0.3 is 57.7 Å². The fourth-order valence-electron chi connectivity index (χ4n) is 7.51. The molecule has 0 aromatic carbocycles. The Morgan fingerprint density at radius 3 is 2.02 bits per heavy atom. The van der Waals surface area contributed by atoms with E-state index in [1.165, 1.54) is 35.2 Å². The molecular formula is C37H65NO15. The van der Waals surface area contributed by atoms with Crippen LogP contribution in [0.5, 0.6) is 0 Å². The van der Waals surface area contributed by atoms with Crippen LogP contribution in [-0.4, -0.2) is 148 Å². The monoisotopic (exact) mass is 763 g/mol. The lowest BCUT2D eigenvalue weighted by Crippen LogP contribution is -2.66. The largest absolute Gasteiger partial charge is 0.481 e. The third kappa shape index (κ3) is 13.2. The highest BCUT2D eigenvalue weighted by Crippen LogP contribution is 2.43. The SMILES string of the molecule is COC(C[C@@H](C[C@@H](C)[C@@H](C=O)OC(C)=O)[C@H](O[C@@H]1O[C@H](C)C(O[C@H]2CC(C)(C)C(C)[C@H](C)O2)C(N(C)C)C1OC(C)=O)[C@@H](OC)[C@H](O)CC(=O)O)OC. The normalized spacial score (nSPS) is 30.9. The van der Waals surface area contributed by atoms with Crippen LogP contribution in [0.2, 0.25) is 0 Å². The van der Waals surface area contributed by atoms with Gasteiger partial charge in [-0.15, -0.1) is 0 Å². The average Bonchev–Trinajstić information content (AvgIpc) is 3.05. The standard InChI is InChI=1S/C37H65NO15/c1-19(27(18-39)50-23(5)40)14-25(15-29(45-11)46-12)33(34(47-13)26(42)16-28(43)44)53-36-35(51-24(6)41)31(38(9)10)32(22(4)49-36)52-30-17-37(7,8)20(2)21(3)48-30/h18-22,25-27,29-36,42H,14-17H2,1-13H3,(H,43,44)/t19-,20?,21+,22-,25-,26-,27-,30+,31?,32?,33+,34+,35?,36+/m1/s1. The van der Waals surface area contributed by atoms with Gasteiger partial charge in [0.05, 0.1) is 36.9 Å². The van der Waals surface area contributed by atoms with Gasteiger partial charge in [-0.2, -0.15) is 0 Å². The first kappa shape index (κ1) is 46.9. The molecule has 308 valence electrons. The van der Waals surface area contributed by atoms with Gasteiger partial charge in [-0.25, -0.2) is 0 Å². The van der Waals surface area contributed by atoms with Crippen LogP contribution in [-0.2, 0) is 61.8 Å². The summed E-state index contributed by atoms with van der Waals surface area (Å²) in [6.07, 6.45) is -9.68. The van der Waals surface area contributed by atoms with Gasteiger partial charge >= 0.3 is 17.9 Å². The van der Waals surface area contributed by atoms with Crippen molar-refractivity contribution in [2.45, 2.75) is 155 Å². The molecule has 2 aliphatic rings. The maximum Gasteiger partial charge on any atom is 0.306 e.